The van der Waals surface area contributed by atoms with Crippen molar-refractivity contribution in [3.05, 3.63) is 35.4 Å². The van der Waals surface area contributed by atoms with Crippen LogP contribution in [-0.4, -0.2) is 24.4 Å². The molecule has 0 heterocycles. The van der Waals surface area contributed by atoms with Crippen molar-refractivity contribution in [2.75, 3.05) is 13.6 Å². The second kappa shape index (κ2) is 4.94. The largest absolute Gasteiger partial charge is 0.338 e. The van der Waals surface area contributed by atoms with Gasteiger partial charge in [0.15, 0.2) is 0 Å². The number of nitrogens with zero attached hydrogens (tertiary/aromatic N) is 1. The van der Waals surface area contributed by atoms with Gasteiger partial charge in [-0.25, -0.2) is 0 Å². The fourth-order valence-electron chi connectivity index (χ4n) is 1.62. The molecule has 0 saturated heterocycles. The van der Waals surface area contributed by atoms with E-state index in [4.69, 9.17) is 5.73 Å². The van der Waals surface area contributed by atoms with Crippen molar-refractivity contribution >= 4 is 5.91 Å². The molecule has 2 N–H and O–H groups in total. The summed E-state index contributed by atoms with van der Waals surface area (Å²) in [6.45, 7) is 4.12. The lowest BCUT2D eigenvalue weighted by atomic mass is 10.0. The molecule has 3 heteroatoms. The smallest absolute Gasteiger partial charge is 0.236 e. The van der Waals surface area contributed by atoms with Crippen LogP contribution in [0.15, 0.2) is 24.3 Å². The van der Waals surface area contributed by atoms with Crippen LogP contribution in [-0.2, 0) is 4.79 Å². The van der Waals surface area contributed by atoms with Crippen molar-refractivity contribution in [3.8, 4) is 0 Å². The third-order valence-corrected chi connectivity index (χ3v) is 2.79. The summed E-state index contributed by atoms with van der Waals surface area (Å²) in [5.74, 6) is -0.0363. The van der Waals surface area contributed by atoms with Gasteiger partial charge in [0.25, 0.3) is 0 Å². The van der Waals surface area contributed by atoms with Gasteiger partial charge in [0.1, 0.15) is 0 Å². The first kappa shape index (κ1) is 11.7. The van der Waals surface area contributed by atoms with Gasteiger partial charge in [-0.2, -0.15) is 0 Å². The highest BCUT2D eigenvalue weighted by Gasteiger charge is 2.16. The van der Waals surface area contributed by atoms with Crippen LogP contribution in [0, 0.1) is 6.92 Å². The van der Waals surface area contributed by atoms with E-state index in [1.54, 1.807) is 11.9 Å². The fourth-order valence-corrected chi connectivity index (χ4v) is 1.62. The Hall–Kier alpha value is -1.35. The summed E-state index contributed by atoms with van der Waals surface area (Å²) in [4.78, 5) is 13.1. The molecule has 15 heavy (non-hydrogen) atoms. The van der Waals surface area contributed by atoms with E-state index in [1.807, 2.05) is 38.1 Å². The summed E-state index contributed by atoms with van der Waals surface area (Å²) in [5.41, 5.74) is 7.70. The maximum atomic E-state index is 11.4. The van der Waals surface area contributed by atoms with Crippen molar-refractivity contribution in [1.29, 1.82) is 0 Å². The molecule has 1 atom stereocenters. The zero-order chi connectivity index (χ0) is 11.4. The number of hydrogen-bond donors (Lipinski definition) is 1. The van der Waals surface area contributed by atoms with E-state index in [0.29, 0.717) is 0 Å². The van der Waals surface area contributed by atoms with E-state index in [9.17, 15) is 4.79 Å². The zero-order valence-electron chi connectivity index (χ0n) is 9.53. The van der Waals surface area contributed by atoms with Crippen LogP contribution >= 0.6 is 0 Å². The van der Waals surface area contributed by atoms with E-state index in [2.05, 4.69) is 0 Å². The molecule has 0 aliphatic rings. The standard InChI is InChI=1S/C12H18N2O/c1-9-6-4-5-7-11(9)10(2)14(3)12(15)8-13/h4-7,10H,8,13H2,1-3H3. The van der Waals surface area contributed by atoms with Crippen LogP contribution in [0.5, 0.6) is 0 Å². The number of nitrogens with two attached hydrogens (primary N) is 1. The molecule has 0 bridgehead atoms. The second-order valence-electron chi connectivity index (χ2n) is 3.74. The lowest BCUT2D eigenvalue weighted by molar-refractivity contribution is -0.130. The molecule has 82 valence electrons. The van der Waals surface area contributed by atoms with E-state index < -0.39 is 0 Å². The number of aryl methyl sites for hydroxylation is 1. The van der Waals surface area contributed by atoms with E-state index in [0.717, 1.165) is 0 Å². The van der Waals surface area contributed by atoms with Crippen LogP contribution in [0.1, 0.15) is 24.1 Å². The molecule has 0 saturated carbocycles. The first-order valence-electron chi connectivity index (χ1n) is 5.09. The minimum absolute atomic E-state index is 0.0363. The Morgan fingerprint density at radius 1 is 1.47 bits per heavy atom. The predicted octanol–water partition coefficient (Wildman–Crippen LogP) is 1.47. The number of carbonyl (C=O) groups is 1. The molecular weight excluding hydrogens is 188 g/mol. The lowest BCUT2D eigenvalue weighted by Gasteiger charge is -2.26. The van der Waals surface area contributed by atoms with Crippen LogP contribution in [0.25, 0.3) is 0 Å². The molecule has 1 aromatic rings. The molecule has 1 unspecified atom stereocenters. The molecule has 0 radical (unpaired) electrons. The number of hydrogen-bond acceptors (Lipinski definition) is 2. The number of carbonyl (C=O) groups excluding carboxylic acids is 1. The summed E-state index contributed by atoms with van der Waals surface area (Å²) in [5, 5.41) is 0. The Kier molecular flexibility index (Phi) is 3.86. The molecule has 0 aliphatic carbocycles. The first-order chi connectivity index (χ1) is 7.07. The molecule has 0 aromatic heterocycles. The summed E-state index contributed by atoms with van der Waals surface area (Å²) in [7, 11) is 1.78. The SMILES string of the molecule is Cc1ccccc1C(C)N(C)C(=O)CN. The van der Waals surface area contributed by atoms with E-state index >= 15 is 0 Å². The predicted molar refractivity (Wildman–Crippen MR) is 61.4 cm³/mol. The van der Waals surface area contributed by atoms with E-state index in [1.165, 1.54) is 11.1 Å². The van der Waals surface area contributed by atoms with Gasteiger partial charge in [-0.15, -0.1) is 0 Å². The van der Waals surface area contributed by atoms with Gasteiger partial charge < -0.3 is 10.6 Å². The maximum Gasteiger partial charge on any atom is 0.236 e. The Morgan fingerprint density at radius 2 is 2.07 bits per heavy atom. The highest BCUT2D eigenvalue weighted by Crippen LogP contribution is 2.21. The second-order valence-corrected chi connectivity index (χ2v) is 3.74. The topological polar surface area (TPSA) is 46.3 Å². The van der Waals surface area contributed by atoms with Crippen LogP contribution < -0.4 is 5.73 Å². The first-order valence-corrected chi connectivity index (χ1v) is 5.09. The molecule has 3 nitrogen and oxygen atoms in total. The minimum atomic E-state index is -0.0363. The number of rotatable bonds is 3. The van der Waals surface area contributed by atoms with Gasteiger partial charge in [-0.05, 0) is 25.0 Å². The Bertz CT molecular complexity index is 349. The van der Waals surface area contributed by atoms with Crippen molar-refractivity contribution in [2.45, 2.75) is 19.9 Å². The maximum absolute atomic E-state index is 11.4. The van der Waals surface area contributed by atoms with E-state index in [-0.39, 0.29) is 18.5 Å². The summed E-state index contributed by atoms with van der Waals surface area (Å²) >= 11 is 0. The van der Waals surface area contributed by atoms with Gasteiger partial charge in [0.05, 0.1) is 12.6 Å². The molecule has 1 aromatic carbocycles. The molecule has 1 amide bonds. The number of benzene rings is 1. The molecule has 0 spiro atoms. The molecular formula is C12H18N2O. The normalized spacial score (nSPS) is 12.3. The lowest BCUT2D eigenvalue weighted by Crippen LogP contribution is -2.34. The number of amides is 1. The fraction of sp³-hybridized carbons (Fsp3) is 0.417. The Balaban J connectivity index is 2.89. The molecule has 0 aliphatic heterocycles. The zero-order valence-corrected chi connectivity index (χ0v) is 9.53. The number of likely N-dealkylation sites (N-methyl/N-ethyl adjacent to an activating group) is 1. The van der Waals surface area contributed by atoms with Crippen molar-refractivity contribution < 1.29 is 4.79 Å². The Morgan fingerprint density at radius 3 is 2.60 bits per heavy atom. The summed E-state index contributed by atoms with van der Waals surface area (Å²) in [6.07, 6.45) is 0. The monoisotopic (exact) mass is 206 g/mol. The van der Waals surface area contributed by atoms with Gasteiger partial charge in [-0.3, -0.25) is 4.79 Å². The highest BCUT2D eigenvalue weighted by atomic mass is 16.2. The van der Waals surface area contributed by atoms with Gasteiger partial charge in [-0.1, -0.05) is 24.3 Å². The minimum Gasteiger partial charge on any atom is -0.338 e. The summed E-state index contributed by atoms with van der Waals surface area (Å²) < 4.78 is 0. The summed E-state index contributed by atoms with van der Waals surface area (Å²) in [6, 6.07) is 8.14. The molecule has 1 rings (SSSR count). The molecule has 0 fully saturated rings. The van der Waals surface area contributed by atoms with Crippen LogP contribution in [0.4, 0.5) is 0 Å². The van der Waals surface area contributed by atoms with Gasteiger partial charge >= 0.3 is 0 Å². The highest BCUT2D eigenvalue weighted by molar-refractivity contribution is 5.78. The van der Waals surface area contributed by atoms with Crippen molar-refractivity contribution in [1.82, 2.24) is 4.90 Å². The van der Waals surface area contributed by atoms with Gasteiger partial charge in [0.2, 0.25) is 5.91 Å². The van der Waals surface area contributed by atoms with Crippen molar-refractivity contribution in [3.63, 3.8) is 0 Å². The third kappa shape index (κ3) is 2.57. The average Bonchev–Trinajstić information content (AvgIpc) is 2.26. The van der Waals surface area contributed by atoms with Crippen LogP contribution in [0.2, 0.25) is 0 Å². The average molecular weight is 206 g/mol. The van der Waals surface area contributed by atoms with Gasteiger partial charge in [0, 0.05) is 7.05 Å². The van der Waals surface area contributed by atoms with Crippen molar-refractivity contribution in [2.24, 2.45) is 5.73 Å². The van der Waals surface area contributed by atoms with Crippen LogP contribution in [0.3, 0.4) is 0 Å². The third-order valence-electron chi connectivity index (χ3n) is 2.79. The quantitative estimate of drug-likeness (QED) is 0.814. The Labute approximate surface area is 90.9 Å².